The van der Waals surface area contributed by atoms with Gasteiger partial charge in [0.15, 0.2) is 0 Å². The molecule has 1 aliphatic rings. The summed E-state index contributed by atoms with van der Waals surface area (Å²) in [5, 5.41) is 11.4. The molecule has 0 heterocycles. The van der Waals surface area contributed by atoms with Crippen LogP contribution in [-0.4, -0.2) is 11.9 Å². The molecular formula is C24H16N2. The average Bonchev–Trinajstić information content (AvgIpc) is 3.02. The molecule has 0 spiro atoms. The second-order valence-electron chi connectivity index (χ2n) is 6.35. The molecule has 1 aliphatic carbocycles. The van der Waals surface area contributed by atoms with E-state index in [1.807, 2.05) is 6.21 Å². The molecule has 0 N–H and O–H groups in total. The molecule has 5 rings (SSSR count). The summed E-state index contributed by atoms with van der Waals surface area (Å²) >= 11 is 0. The SMILES string of the molecule is C(=NN=C1c2ccccc2-c2ccccc21)c1cccc2ccccc12. The lowest BCUT2D eigenvalue weighted by Gasteiger charge is -2.01. The lowest BCUT2D eigenvalue weighted by atomic mass is 10.1. The molecule has 4 aromatic carbocycles. The van der Waals surface area contributed by atoms with Crippen LogP contribution in [0.25, 0.3) is 21.9 Å². The fourth-order valence-electron chi connectivity index (χ4n) is 3.61. The fourth-order valence-corrected chi connectivity index (χ4v) is 3.61. The van der Waals surface area contributed by atoms with Crippen LogP contribution in [0.2, 0.25) is 0 Å². The van der Waals surface area contributed by atoms with Crippen molar-refractivity contribution in [1.29, 1.82) is 0 Å². The van der Waals surface area contributed by atoms with Crippen LogP contribution in [0.5, 0.6) is 0 Å². The number of benzene rings is 4. The number of rotatable bonds is 2. The van der Waals surface area contributed by atoms with E-state index in [1.165, 1.54) is 21.9 Å². The van der Waals surface area contributed by atoms with Crippen LogP contribution in [0, 0.1) is 0 Å². The molecule has 0 atom stereocenters. The zero-order chi connectivity index (χ0) is 17.3. The van der Waals surface area contributed by atoms with Crippen molar-refractivity contribution >= 4 is 22.7 Å². The van der Waals surface area contributed by atoms with Gasteiger partial charge in [0, 0.05) is 16.7 Å². The Hall–Kier alpha value is -3.52. The van der Waals surface area contributed by atoms with Crippen LogP contribution in [-0.2, 0) is 0 Å². The van der Waals surface area contributed by atoms with Crippen LogP contribution in [0.4, 0.5) is 0 Å². The largest absolute Gasteiger partial charge is 0.158 e. The summed E-state index contributed by atoms with van der Waals surface area (Å²) in [6.45, 7) is 0. The number of hydrogen-bond acceptors (Lipinski definition) is 2. The molecule has 2 heteroatoms. The predicted octanol–water partition coefficient (Wildman–Crippen LogP) is 5.69. The van der Waals surface area contributed by atoms with Gasteiger partial charge in [0.05, 0.1) is 6.21 Å². The quantitative estimate of drug-likeness (QED) is 0.293. The number of nitrogens with zero attached hydrogens (tertiary/aromatic N) is 2. The first-order valence-corrected chi connectivity index (χ1v) is 8.70. The second kappa shape index (κ2) is 6.08. The smallest absolute Gasteiger partial charge is 0.101 e. The molecule has 0 saturated heterocycles. The van der Waals surface area contributed by atoms with E-state index in [0.717, 1.165) is 22.4 Å². The van der Waals surface area contributed by atoms with Crippen LogP contribution in [0.15, 0.2) is 101 Å². The van der Waals surface area contributed by atoms with E-state index in [9.17, 15) is 0 Å². The Morgan fingerprint density at radius 3 is 1.85 bits per heavy atom. The molecular weight excluding hydrogens is 316 g/mol. The third-order valence-corrected chi connectivity index (χ3v) is 4.83. The van der Waals surface area contributed by atoms with E-state index in [2.05, 4.69) is 101 Å². The Labute approximate surface area is 152 Å². The van der Waals surface area contributed by atoms with Crippen molar-refractivity contribution < 1.29 is 0 Å². The topological polar surface area (TPSA) is 24.7 Å². The van der Waals surface area contributed by atoms with Gasteiger partial charge in [0.1, 0.15) is 5.71 Å². The minimum absolute atomic E-state index is 0.938. The molecule has 2 nitrogen and oxygen atoms in total. The van der Waals surface area contributed by atoms with Crippen LogP contribution in [0.3, 0.4) is 0 Å². The van der Waals surface area contributed by atoms with Crippen LogP contribution < -0.4 is 0 Å². The fraction of sp³-hybridized carbons (Fsp3) is 0. The highest BCUT2D eigenvalue weighted by Gasteiger charge is 2.23. The molecule has 0 saturated carbocycles. The Morgan fingerprint density at radius 2 is 1.12 bits per heavy atom. The highest BCUT2D eigenvalue weighted by atomic mass is 15.2. The average molecular weight is 332 g/mol. The van der Waals surface area contributed by atoms with E-state index < -0.39 is 0 Å². The summed E-state index contributed by atoms with van der Waals surface area (Å²) < 4.78 is 0. The maximum absolute atomic E-state index is 4.59. The van der Waals surface area contributed by atoms with Gasteiger partial charge in [-0.3, -0.25) is 0 Å². The predicted molar refractivity (Wildman–Crippen MR) is 109 cm³/mol. The molecule has 4 aromatic rings. The highest BCUT2D eigenvalue weighted by Crippen LogP contribution is 2.36. The van der Waals surface area contributed by atoms with Crippen molar-refractivity contribution in [2.45, 2.75) is 0 Å². The highest BCUT2D eigenvalue weighted by molar-refractivity contribution is 6.24. The zero-order valence-electron chi connectivity index (χ0n) is 14.1. The van der Waals surface area contributed by atoms with Crippen molar-refractivity contribution in [2.24, 2.45) is 10.2 Å². The first-order chi connectivity index (χ1) is 12.9. The van der Waals surface area contributed by atoms with Crippen LogP contribution in [0.1, 0.15) is 16.7 Å². The molecule has 26 heavy (non-hydrogen) atoms. The van der Waals surface area contributed by atoms with Crippen molar-refractivity contribution in [3.63, 3.8) is 0 Å². The summed E-state index contributed by atoms with van der Waals surface area (Å²) in [5.74, 6) is 0. The van der Waals surface area contributed by atoms with Crippen molar-refractivity contribution in [3.8, 4) is 11.1 Å². The van der Waals surface area contributed by atoms with Gasteiger partial charge in [-0.05, 0) is 21.9 Å². The van der Waals surface area contributed by atoms with Gasteiger partial charge in [-0.1, -0.05) is 91.0 Å². The first kappa shape index (κ1) is 14.8. The van der Waals surface area contributed by atoms with Gasteiger partial charge in [-0.2, -0.15) is 5.10 Å². The van der Waals surface area contributed by atoms with E-state index in [1.54, 1.807) is 0 Å². The van der Waals surface area contributed by atoms with Gasteiger partial charge in [-0.25, -0.2) is 0 Å². The molecule has 0 aliphatic heterocycles. The third kappa shape index (κ3) is 2.35. The second-order valence-corrected chi connectivity index (χ2v) is 6.35. The number of fused-ring (bicyclic) bond motifs is 4. The summed E-state index contributed by atoms with van der Waals surface area (Å²) in [6.07, 6.45) is 1.85. The summed E-state index contributed by atoms with van der Waals surface area (Å²) in [7, 11) is 0. The van der Waals surface area contributed by atoms with E-state index in [4.69, 9.17) is 0 Å². The Bertz CT molecular complexity index is 1130. The molecule has 0 unspecified atom stereocenters. The van der Waals surface area contributed by atoms with Crippen molar-refractivity contribution in [2.75, 3.05) is 0 Å². The molecule has 0 amide bonds. The van der Waals surface area contributed by atoms with E-state index in [-0.39, 0.29) is 0 Å². The number of hydrogen-bond donors (Lipinski definition) is 0. The molecule has 0 bridgehead atoms. The van der Waals surface area contributed by atoms with Gasteiger partial charge in [0.2, 0.25) is 0 Å². The minimum atomic E-state index is 0.938. The summed E-state index contributed by atoms with van der Waals surface area (Å²) in [6, 6.07) is 31.3. The normalized spacial score (nSPS) is 12.4. The summed E-state index contributed by atoms with van der Waals surface area (Å²) in [4.78, 5) is 0. The lowest BCUT2D eigenvalue weighted by Crippen LogP contribution is -1.97. The van der Waals surface area contributed by atoms with E-state index >= 15 is 0 Å². The third-order valence-electron chi connectivity index (χ3n) is 4.83. The van der Waals surface area contributed by atoms with E-state index in [0.29, 0.717) is 0 Å². The zero-order valence-corrected chi connectivity index (χ0v) is 14.1. The standard InChI is InChI=1S/C24H16N2/c1-2-11-19-17(8-1)9-7-10-18(19)16-25-26-24-22-14-5-3-12-20(22)21-13-4-6-15-23(21)24/h1-16H. The maximum atomic E-state index is 4.59. The monoisotopic (exact) mass is 332 g/mol. The Kier molecular flexibility index (Phi) is 3.46. The molecule has 122 valence electrons. The first-order valence-electron chi connectivity index (χ1n) is 8.70. The maximum Gasteiger partial charge on any atom is 0.101 e. The van der Waals surface area contributed by atoms with Crippen molar-refractivity contribution in [3.05, 3.63) is 108 Å². The summed E-state index contributed by atoms with van der Waals surface area (Å²) in [5.41, 5.74) is 6.75. The Balaban J connectivity index is 1.60. The molecule has 0 radical (unpaired) electrons. The van der Waals surface area contributed by atoms with Gasteiger partial charge < -0.3 is 0 Å². The Morgan fingerprint density at radius 1 is 0.538 bits per heavy atom. The lowest BCUT2D eigenvalue weighted by molar-refractivity contribution is 1.25. The van der Waals surface area contributed by atoms with Crippen molar-refractivity contribution in [1.82, 2.24) is 0 Å². The van der Waals surface area contributed by atoms with Gasteiger partial charge in [-0.15, -0.1) is 5.10 Å². The van der Waals surface area contributed by atoms with Crippen LogP contribution >= 0.6 is 0 Å². The molecule has 0 aromatic heterocycles. The van der Waals surface area contributed by atoms with Gasteiger partial charge in [0.25, 0.3) is 0 Å². The van der Waals surface area contributed by atoms with Gasteiger partial charge >= 0.3 is 0 Å². The minimum Gasteiger partial charge on any atom is -0.158 e. The molecule has 0 fully saturated rings.